The van der Waals surface area contributed by atoms with Gasteiger partial charge in [0.1, 0.15) is 11.6 Å². The zero-order chi connectivity index (χ0) is 19.7. The van der Waals surface area contributed by atoms with Gasteiger partial charge in [0.15, 0.2) is 5.82 Å². The van der Waals surface area contributed by atoms with Crippen LogP contribution in [0.5, 0.6) is 5.88 Å². The van der Waals surface area contributed by atoms with Gasteiger partial charge in [-0.15, -0.1) is 0 Å². The van der Waals surface area contributed by atoms with Gasteiger partial charge in [0.25, 0.3) is 0 Å². The Morgan fingerprint density at radius 2 is 1.89 bits per heavy atom. The molecule has 0 spiro atoms. The van der Waals surface area contributed by atoms with Crippen molar-refractivity contribution in [2.75, 3.05) is 0 Å². The molecule has 2 N–H and O–H groups in total. The number of allylic oxidation sites excluding steroid dienone is 1. The minimum atomic E-state index is -0.310. The smallest absolute Gasteiger partial charge is 0.224 e. The van der Waals surface area contributed by atoms with Gasteiger partial charge in [0.2, 0.25) is 11.8 Å². The lowest BCUT2D eigenvalue weighted by molar-refractivity contribution is 0.350. The maximum absolute atomic E-state index is 9.76. The van der Waals surface area contributed by atoms with Gasteiger partial charge in [0, 0.05) is 24.5 Å². The summed E-state index contributed by atoms with van der Waals surface area (Å²) in [7, 11) is 0. The highest BCUT2D eigenvalue weighted by Gasteiger charge is 2.36. The zero-order valence-corrected chi connectivity index (χ0v) is 15.8. The largest absolute Gasteiger partial charge is 0.422 e. The van der Waals surface area contributed by atoms with E-state index in [1.807, 2.05) is 38.1 Å². The highest BCUT2D eigenvalue weighted by Crippen LogP contribution is 2.44. The maximum atomic E-state index is 9.76. The van der Waals surface area contributed by atoms with Crippen LogP contribution in [0.4, 0.5) is 0 Å². The number of benzene rings is 1. The topological polar surface area (TPSA) is 103 Å². The number of nitrogens with two attached hydrogens (primary N) is 1. The summed E-state index contributed by atoms with van der Waals surface area (Å²) < 4.78 is 7.60. The molecule has 1 unspecified atom stereocenters. The second-order valence-electron chi connectivity index (χ2n) is 6.45. The Labute approximate surface area is 163 Å². The van der Waals surface area contributed by atoms with Crippen LogP contribution in [0.2, 0.25) is 0 Å². The molecule has 0 amide bonds. The van der Waals surface area contributed by atoms with E-state index in [1.54, 1.807) is 23.1 Å². The number of fused-ring (bicyclic) bond motifs is 1. The molecule has 140 valence electrons. The molecule has 7 heteroatoms. The number of nitrogens with zero attached hydrogens (tertiary/aromatic N) is 5. The van der Waals surface area contributed by atoms with Crippen molar-refractivity contribution >= 4 is 0 Å². The first kappa shape index (κ1) is 17.7. The third-order valence-electron chi connectivity index (χ3n) is 4.89. The van der Waals surface area contributed by atoms with Gasteiger partial charge in [-0.25, -0.2) is 14.6 Å². The molecule has 28 heavy (non-hydrogen) atoms. The van der Waals surface area contributed by atoms with Crippen molar-refractivity contribution in [3.05, 3.63) is 71.0 Å². The molecule has 3 aromatic rings. The van der Waals surface area contributed by atoms with Crippen LogP contribution in [-0.4, -0.2) is 19.7 Å². The molecule has 0 bridgehead atoms. The number of ether oxygens (including phenoxy) is 1. The van der Waals surface area contributed by atoms with Crippen LogP contribution in [0.1, 0.15) is 36.6 Å². The van der Waals surface area contributed by atoms with Crippen molar-refractivity contribution < 1.29 is 4.74 Å². The Kier molecular flexibility index (Phi) is 4.53. The molecule has 4 rings (SSSR count). The minimum absolute atomic E-state index is 0.132. The summed E-state index contributed by atoms with van der Waals surface area (Å²) in [6.07, 6.45) is 4.17. The van der Waals surface area contributed by atoms with E-state index in [0.717, 1.165) is 28.8 Å². The molecule has 2 aromatic heterocycles. The van der Waals surface area contributed by atoms with E-state index in [1.165, 1.54) is 0 Å². The molecule has 0 radical (unpaired) electrons. The van der Waals surface area contributed by atoms with Gasteiger partial charge < -0.3 is 10.5 Å². The predicted molar refractivity (Wildman–Crippen MR) is 104 cm³/mol. The minimum Gasteiger partial charge on any atom is -0.422 e. The van der Waals surface area contributed by atoms with Crippen molar-refractivity contribution in [2.24, 2.45) is 5.73 Å². The van der Waals surface area contributed by atoms with Crippen molar-refractivity contribution in [3.8, 4) is 23.3 Å². The second kappa shape index (κ2) is 7.16. The first-order chi connectivity index (χ1) is 13.7. The first-order valence-electron chi connectivity index (χ1n) is 9.22. The van der Waals surface area contributed by atoms with E-state index >= 15 is 0 Å². The number of hydrogen-bond acceptors (Lipinski definition) is 6. The molecular weight excluding hydrogens is 352 g/mol. The van der Waals surface area contributed by atoms with Crippen molar-refractivity contribution in [2.45, 2.75) is 32.7 Å². The van der Waals surface area contributed by atoms with Crippen molar-refractivity contribution in [1.29, 1.82) is 5.26 Å². The van der Waals surface area contributed by atoms with Gasteiger partial charge in [-0.2, -0.15) is 10.4 Å². The number of aromatic nitrogens is 4. The van der Waals surface area contributed by atoms with Gasteiger partial charge in [-0.3, -0.25) is 0 Å². The Hall–Kier alpha value is -3.66. The van der Waals surface area contributed by atoms with Gasteiger partial charge in [0.05, 0.1) is 17.2 Å². The van der Waals surface area contributed by atoms with E-state index in [4.69, 9.17) is 10.5 Å². The number of nitriles is 1. The van der Waals surface area contributed by atoms with E-state index in [0.29, 0.717) is 23.8 Å². The monoisotopic (exact) mass is 372 g/mol. The van der Waals surface area contributed by atoms with Gasteiger partial charge in [-0.05, 0) is 25.0 Å². The lowest BCUT2D eigenvalue weighted by Gasteiger charge is -2.25. The van der Waals surface area contributed by atoms with Crippen LogP contribution < -0.4 is 10.5 Å². The highest BCUT2D eigenvalue weighted by atomic mass is 16.5. The summed E-state index contributed by atoms with van der Waals surface area (Å²) in [6.45, 7) is 4.71. The highest BCUT2D eigenvalue weighted by molar-refractivity contribution is 5.59. The fourth-order valence-electron chi connectivity index (χ4n) is 3.55. The summed E-state index contributed by atoms with van der Waals surface area (Å²) >= 11 is 0. The third-order valence-corrected chi connectivity index (χ3v) is 4.89. The van der Waals surface area contributed by atoms with E-state index in [-0.39, 0.29) is 11.8 Å². The van der Waals surface area contributed by atoms with Crippen LogP contribution in [0.3, 0.4) is 0 Å². The van der Waals surface area contributed by atoms with Crippen molar-refractivity contribution in [3.63, 3.8) is 0 Å². The molecule has 0 saturated carbocycles. The van der Waals surface area contributed by atoms with Crippen LogP contribution in [0.15, 0.2) is 54.2 Å². The average molecular weight is 372 g/mol. The quantitative estimate of drug-likeness (QED) is 0.755. The number of hydrogen-bond donors (Lipinski definition) is 1. The molecular formula is C21H20N6O. The van der Waals surface area contributed by atoms with E-state index < -0.39 is 0 Å². The third kappa shape index (κ3) is 2.79. The average Bonchev–Trinajstić information content (AvgIpc) is 3.10. The van der Waals surface area contributed by atoms with E-state index in [2.05, 4.69) is 21.1 Å². The molecule has 1 aliphatic heterocycles. The lowest BCUT2D eigenvalue weighted by Crippen LogP contribution is -2.22. The SMILES string of the molecule is CCc1nn(CC)c2c1C(c1ccc(-c3ncccn3)cc1)C(C#N)=C(N)O2. The molecule has 0 saturated heterocycles. The fourth-order valence-corrected chi connectivity index (χ4v) is 3.55. The molecule has 0 aliphatic carbocycles. The Morgan fingerprint density at radius 3 is 2.50 bits per heavy atom. The summed E-state index contributed by atoms with van der Waals surface area (Å²) in [5, 5.41) is 14.4. The Balaban J connectivity index is 1.84. The summed E-state index contributed by atoms with van der Waals surface area (Å²) in [5.74, 6) is 1.10. The molecule has 1 atom stereocenters. The Morgan fingerprint density at radius 1 is 1.18 bits per heavy atom. The standard InChI is InChI=1S/C21H20N6O/c1-3-16-18-17(15(12-22)19(23)28-21(18)27(4-2)26-16)13-6-8-14(9-7-13)20-24-10-5-11-25-20/h5-11,17H,3-4,23H2,1-2H3. The number of rotatable bonds is 4. The van der Waals surface area contributed by atoms with Crippen LogP contribution in [-0.2, 0) is 13.0 Å². The molecule has 0 fully saturated rings. The van der Waals surface area contributed by atoms with Crippen molar-refractivity contribution in [1.82, 2.24) is 19.7 Å². The van der Waals surface area contributed by atoms with Crippen LogP contribution in [0, 0.1) is 11.3 Å². The molecule has 3 heterocycles. The molecule has 1 aliphatic rings. The first-order valence-corrected chi connectivity index (χ1v) is 9.22. The molecule has 1 aromatic carbocycles. The Bertz CT molecular complexity index is 1080. The summed E-state index contributed by atoms with van der Waals surface area (Å²) in [5.41, 5.74) is 10.2. The normalized spacial score (nSPS) is 15.7. The predicted octanol–water partition coefficient (Wildman–Crippen LogP) is 3.14. The van der Waals surface area contributed by atoms with Gasteiger partial charge in [-0.1, -0.05) is 31.2 Å². The van der Waals surface area contributed by atoms with E-state index in [9.17, 15) is 5.26 Å². The fraction of sp³-hybridized carbons (Fsp3) is 0.238. The molecule has 7 nitrogen and oxygen atoms in total. The summed E-state index contributed by atoms with van der Waals surface area (Å²) in [6, 6.07) is 11.9. The summed E-state index contributed by atoms with van der Waals surface area (Å²) in [4.78, 5) is 8.57. The van der Waals surface area contributed by atoms with Crippen LogP contribution >= 0.6 is 0 Å². The van der Waals surface area contributed by atoms with Crippen LogP contribution in [0.25, 0.3) is 11.4 Å². The maximum Gasteiger partial charge on any atom is 0.224 e. The van der Waals surface area contributed by atoms with Gasteiger partial charge >= 0.3 is 0 Å². The lowest BCUT2D eigenvalue weighted by atomic mass is 9.83. The second-order valence-corrected chi connectivity index (χ2v) is 6.45. The number of aryl methyl sites for hydroxylation is 2. The zero-order valence-electron chi connectivity index (χ0n) is 15.8.